The van der Waals surface area contributed by atoms with Crippen molar-refractivity contribution in [2.45, 2.75) is 32.3 Å². The predicted octanol–water partition coefficient (Wildman–Crippen LogP) is 5.25. The van der Waals surface area contributed by atoms with E-state index in [-0.39, 0.29) is 11.0 Å². The zero-order valence-corrected chi connectivity index (χ0v) is 13.8. The molecular formula is C21H23NO. The highest BCUT2D eigenvalue weighted by Gasteiger charge is 2.43. The minimum absolute atomic E-state index is 0.240. The van der Waals surface area contributed by atoms with Crippen molar-refractivity contribution in [3.63, 3.8) is 0 Å². The van der Waals surface area contributed by atoms with Crippen molar-refractivity contribution in [3.8, 4) is 0 Å². The van der Waals surface area contributed by atoms with Gasteiger partial charge in [0.1, 0.15) is 5.60 Å². The summed E-state index contributed by atoms with van der Waals surface area (Å²) >= 11 is 0. The number of aromatic amines is 1. The molecule has 0 aliphatic carbocycles. The highest BCUT2D eigenvalue weighted by atomic mass is 16.5. The van der Waals surface area contributed by atoms with Crippen molar-refractivity contribution in [2.75, 3.05) is 6.61 Å². The number of nitrogens with one attached hydrogen (secondary N) is 1. The number of aromatic nitrogens is 1. The molecule has 1 aromatic heterocycles. The summed E-state index contributed by atoms with van der Waals surface area (Å²) in [6.45, 7) is 5.36. The molecule has 2 aromatic carbocycles. The first-order valence-corrected chi connectivity index (χ1v) is 8.37. The summed E-state index contributed by atoms with van der Waals surface area (Å²) in [5.41, 5.74) is 3.57. The van der Waals surface area contributed by atoms with Crippen molar-refractivity contribution < 1.29 is 4.74 Å². The number of fused-ring (bicyclic) bond motifs is 1. The molecule has 0 bridgehead atoms. The van der Waals surface area contributed by atoms with Gasteiger partial charge < -0.3 is 9.72 Å². The Hall–Kier alpha value is -2.06. The third-order valence-corrected chi connectivity index (χ3v) is 5.13. The number of benzene rings is 2. The normalized spacial score (nSPS) is 23.9. The van der Waals surface area contributed by atoms with E-state index in [0.717, 1.165) is 19.4 Å². The molecule has 1 aliphatic rings. The summed E-state index contributed by atoms with van der Waals surface area (Å²) < 4.78 is 6.60. The minimum atomic E-state index is -0.351. The first-order valence-electron chi connectivity index (χ1n) is 8.37. The van der Waals surface area contributed by atoms with Gasteiger partial charge in [-0.25, -0.2) is 0 Å². The van der Waals surface area contributed by atoms with Crippen LogP contribution in [0, 0.1) is 5.41 Å². The van der Waals surface area contributed by atoms with Crippen LogP contribution in [0.3, 0.4) is 0 Å². The highest BCUT2D eigenvalue weighted by molar-refractivity contribution is 5.84. The topological polar surface area (TPSA) is 25.0 Å². The van der Waals surface area contributed by atoms with E-state index in [0.29, 0.717) is 0 Å². The molecule has 0 amide bonds. The number of rotatable bonds is 2. The molecule has 4 rings (SSSR count). The van der Waals surface area contributed by atoms with E-state index in [2.05, 4.69) is 79.6 Å². The van der Waals surface area contributed by atoms with Gasteiger partial charge in [0, 0.05) is 22.7 Å². The zero-order valence-electron chi connectivity index (χ0n) is 13.8. The largest absolute Gasteiger partial charge is 0.365 e. The third kappa shape index (κ3) is 2.38. The maximum atomic E-state index is 6.60. The van der Waals surface area contributed by atoms with Crippen LogP contribution in [-0.4, -0.2) is 11.6 Å². The Bertz CT molecular complexity index is 806. The van der Waals surface area contributed by atoms with Gasteiger partial charge in [-0.05, 0) is 29.9 Å². The SMILES string of the molecule is CC1(C)CCC(c2ccccc2)(c2c[nH]c3ccccc23)OC1. The monoisotopic (exact) mass is 305 g/mol. The molecule has 1 N–H and O–H groups in total. The van der Waals surface area contributed by atoms with Gasteiger partial charge in [0.2, 0.25) is 0 Å². The van der Waals surface area contributed by atoms with Gasteiger partial charge in [-0.1, -0.05) is 62.4 Å². The molecule has 2 heterocycles. The lowest BCUT2D eigenvalue weighted by molar-refractivity contribution is -0.104. The summed E-state index contributed by atoms with van der Waals surface area (Å²) in [4.78, 5) is 3.42. The lowest BCUT2D eigenvalue weighted by Gasteiger charge is -2.44. The first kappa shape index (κ1) is 14.5. The van der Waals surface area contributed by atoms with Crippen LogP contribution in [0.1, 0.15) is 37.8 Å². The Morgan fingerprint density at radius 2 is 1.65 bits per heavy atom. The molecule has 3 aromatic rings. The van der Waals surface area contributed by atoms with Crippen LogP contribution in [0.4, 0.5) is 0 Å². The van der Waals surface area contributed by atoms with E-state index >= 15 is 0 Å². The van der Waals surface area contributed by atoms with Crippen molar-refractivity contribution >= 4 is 10.9 Å². The Labute approximate surface area is 137 Å². The minimum Gasteiger partial charge on any atom is -0.365 e. The molecule has 0 spiro atoms. The Morgan fingerprint density at radius 3 is 2.39 bits per heavy atom. The van der Waals surface area contributed by atoms with E-state index in [9.17, 15) is 0 Å². The summed E-state index contributed by atoms with van der Waals surface area (Å²) in [5.74, 6) is 0. The van der Waals surface area contributed by atoms with E-state index in [4.69, 9.17) is 4.74 Å². The number of hydrogen-bond donors (Lipinski definition) is 1. The second-order valence-corrected chi connectivity index (χ2v) is 7.39. The average molecular weight is 305 g/mol. The van der Waals surface area contributed by atoms with Crippen LogP contribution >= 0.6 is 0 Å². The molecule has 23 heavy (non-hydrogen) atoms. The summed E-state index contributed by atoms with van der Waals surface area (Å²) in [7, 11) is 0. The molecule has 0 radical (unpaired) electrons. The quantitative estimate of drug-likeness (QED) is 0.687. The van der Waals surface area contributed by atoms with Gasteiger partial charge in [-0.15, -0.1) is 0 Å². The fourth-order valence-corrected chi connectivity index (χ4v) is 3.69. The second kappa shape index (κ2) is 5.24. The third-order valence-electron chi connectivity index (χ3n) is 5.13. The second-order valence-electron chi connectivity index (χ2n) is 7.39. The molecule has 1 atom stereocenters. The Balaban J connectivity index is 1.90. The van der Waals surface area contributed by atoms with Crippen LogP contribution in [-0.2, 0) is 10.3 Å². The standard InChI is InChI=1S/C21H23NO/c1-20(2)12-13-21(23-15-20,16-8-4-3-5-9-16)18-14-22-19-11-7-6-10-17(18)19/h3-11,14,22H,12-13,15H2,1-2H3. The van der Waals surface area contributed by atoms with E-state index in [1.54, 1.807) is 0 Å². The molecule has 1 aliphatic heterocycles. The van der Waals surface area contributed by atoms with Crippen molar-refractivity contribution in [1.29, 1.82) is 0 Å². The molecule has 1 unspecified atom stereocenters. The molecule has 2 heteroatoms. The van der Waals surface area contributed by atoms with Gasteiger partial charge in [0.25, 0.3) is 0 Å². The van der Waals surface area contributed by atoms with Gasteiger partial charge in [0.05, 0.1) is 6.61 Å². The van der Waals surface area contributed by atoms with E-state index < -0.39 is 0 Å². The summed E-state index contributed by atoms with van der Waals surface area (Å²) in [6, 6.07) is 19.2. The average Bonchev–Trinajstić information content (AvgIpc) is 3.01. The number of para-hydroxylation sites is 1. The maximum Gasteiger partial charge on any atom is 0.120 e. The van der Waals surface area contributed by atoms with Crippen LogP contribution in [0.15, 0.2) is 60.8 Å². The van der Waals surface area contributed by atoms with Crippen LogP contribution < -0.4 is 0 Å². The van der Waals surface area contributed by atoms with Gasteiger partial charge in [-0.2, -0.15) is 0 Å². The van der Waals surface area contributed by atoms with Crippen LogP contribution in [0.25, 0.3) is 10.9 Å². The van der Waals surface area contributed by atoms with Gasteiger partial charge >= 0.3 is 0 Å². The van der Waals surface area contributed by atoms with Crippen molar-refractivity contribution in [2.24, 2.45) is 5.41 Å². The van der Waals surface area contributed by atoms with Crippen LogP contribution in [0.2, 0.25) is 0 Å². The van der Waals surface area contributed by atoms with E-state index in [1.807, 2.05) is 0 Å². The Kier molecular flexibility index (Phi) is 3.31. The number of ether oxygens (including phenoxy) is 1. The highest BCUT2D eigenvalue weighted by Crippen LogP contribution is 2.47. The number of hydrogen-bond acceptors (Lipinski definition) is 1. The van der Waals surface area contributed by atoms with Crippen molar-refractivity contribution in [1.82, 2.24) is 4.98 Å². The summed E-state index contributed by atoms with van der Waals surface area (Å²) in [6.07, 6.45) is 4.29. The maximum absolute atomic E-state index is 6.60. The fraction of sp³-hybridized carbons (Fsp3) is 0.333. The predicted molar refractivity (Wildman–Crippen MR) is 94.5 cm³/mol. The molecule has 1 saturated heterocycles. The van der Waals surface area contributed by atoms with Gasteiger partial charge in [0.15, 0.2) is 0 Å². The van der Waals surface area contributed by atoms with E-state index in [1.165, 1.54) is 22.0 Å². The lowest BCUT2D eigenvalue weighted by Crippen LogP contribution is -2.41. The van der Waals surface area contributed by atoms with Crippen LogP contribution in [0.5, 0.6) is 0 Å². The molecule has 0 saturated carbocycles. The first-order chi connectivity index (χ1) is 11.1. The molecular weight excluding hydrogens is 282 g/mol. The Morgan fingerprint density at radius 1 is 0.913 bits per heavy atom. The smallest absolute Gasteiger partial charge is 0.120 e. The van der Waals surface area contributed by atoms with Crippen molar-refractivity contribution in [3.05, 3.63) is 71.9 Å². The number of H-pyrrole nitrogens is 1. The molecule has 1 fully saturated rings. The molecule has 2 nitrogen and oxygen atoms in total. The fourth-order valence-electron chi connectivity index (χ4n) is 3.69. The zero-order chi connectivity index (χ0) is 15.9. The van der Waals surface area contributed by atoms with Gasteiger partial charge in [-0.3, -0.25) is 0 Å². The molecule has 118 valence electrons. The summed E-state index contributed by atoms with van der Waals surface area (Å²) in [5, 5.41) is 1.26. The lowest BCUT2D eigenvalue weighted by atomic mass is 9.74.